The molecule has 712 valence electrons. The van der Waals surface area contributed by atoms with Crippen molar-refractivity contribution in [1.29, 1.82) is 0 Å². The standard InChI is InChI=1S/C107H178O16P2/c1-4-7-10-13-16-19-22-25-28-31-34-37-40-43-46-48-49-50-51-53-56-57-60-63-66-69-72-75-78-81-84-87-90-93-105(110)117-96-102(108)97-119-124(113,114)120-98-103(109)99-121-125(115,116)122-101-104(123-107(112)95-92-89-86-83-80-77-74-71-68-65-62-59-54-45-42-39-36-33-30-27-24-21-18-15-12-9-6-3)100-118-106(111)94-91-88-85-82-79-76-73-70-67-64-61-58-55-52-47-44-41-38-35-32-29-26-23-20-17-14-11-8-5-2/h7-12,16-21,25-30,34-39,43-47,49-50,54-55,58,102-104,108-109H,4-6,13-15,22-24,31-33,40-42,48,51-53,56-57,59-101H2,1-3H3,(H,113,114)(H,115,116)/b10-7-,11-8-,12-9-,19-16-,20-17-,21-18-,28-25-,29-26-,30-27-,37-34-,38-35-,39-36-,46-43-,47-44-,50-49-,54-45-,58-55-. The summed E-state index contributed by atoms with van der Waals surface area (Å²) < 4.78 is 61.6. The fraction of sp³-hybridized carbons (Fsp3) is 0.654. The predicted octanol–water partition coefficient (Wildman–Crippen LogP) is 31.1. The topological polar surface area (TPSA) is 231 Å². The van der Waals surface area contributed by atoms with Crippen molar-refractivity contribution in [2.45, 2.75) is 411 Å². The highest BCUT2D eigenvalue weighted by atomic mass is 31.2. The molecular weight excluding hydrogens is 1600 g/mol. The second kappa shape index (κ2) is 97.2. The average Bonchev–Trinajstić information content (AvgIpc) is 0.902. The monoisotopic (exact) mass is 1780 g/mol. The lowest BCUT2D eigenvalue weighted by atomic mass is 10.0. The van der Waals surface area contributed by atoms with Crippen LogP contribution in [0.5, 0.6) is 0 Å². The lowest BCUT2D eigenvalue weighted by molar-refractivity contribution is -0.161. The van der Waals surface area contributed by atoms with Crippen LogP contribution in [-0.4, -0.2) is 95.9 Å². The van der Waals surface area contributed by atoms with Gasteiger partial charge in [-0.05, 0) is 167 Å². The van der Waals surface area contributed by atoms with E-state index in [2.05, 4.69) is 227 Å². The van der Waals surface area contributed by atoms with Crippen LogP contribution in [0.3, 0.4) is 0 Å². The van der Waals surface area contributed by atoms with Crippen molar-refractivity contribution >= 4 is 33.6 Å². The van der Waals surface area contributed by atoms with E-state index in [-0.39, 0.29) is 19.3 Å². The van der Waals surface area contributed by atoms with Gasteiger partial charge in [0.25, 0.3) is 0 Å². The van der Waals surface area contributed by atoms with E-state index in [1.807, 2.05) is 0 Å². The van der Waals surface area contributed by atoms with E-state index in [1.54, 1.807) is 0 Å². The van der Waals surface area contributed by atoms with E-state index in [0.29, 0.717) is 19.3 Å². The van der Waals surface area contributed by atoms with E-state index in [4.69, 9.17) is 32.3 Å². The van der Waals surface area contributed by atoms with Crippen molar-refractivity contribution in [2.24, 2.45) is 0 Å². The minimum Gasteiger partial charge on any atom is -0.463 e. The number of phosphoric acid groups is 2. The molecule has 16 nitrogen and oxygen atoms in total. The Morgan fingerprint density at radius 1 is 0.224 bits per heavy atom. The molecule has 0 spiro atoms. The molecule has 0 aromatic rings. The van der Waals surface area contributed by atoms with Crippen molar-refractivity contribution in [3.63, 3.8) is 0 Å². The molecule has 18 heteroatoms. The molecule has 0 aliphatic rings. The van der Waals surface area contributed by atoms with E-state index < -0.39 is 91.5 Å². The zero-order valence-corrected chi connectivity index (χ0v) is 80.5. The molecule has 0 bridgehead atoms. The molecule has 0 radical (unpaired) electrons. The Hall–Kier alpha value is -5.87. The van der Waals surface area contributed by atoms with Crippen LogP contribution in [0, 0.1) is 0 Å². The Morgan fingerprint density at radius 3 is 0.632 bits per heavy atom. The van der Waals surface area contributed by atoms with Crippen molar-refractivity contribution < 1.29 is 75.8 Å². The molecular formula is C107H178O16P2. The molecule has 4 N–H and O–H groups in total. The summed E-state index contributed by atoms with van der Waals surface area (Å²) in [7, 11) is -9.83. The van der Waals surface area contributed by atoms with Gasteiger partial charge in [-0.1, -0.05) is 414 Å². The number of aliphatic hydroxyl groups excluding tert-OH is 2. The molecule has 0 aromatic carbocycles. The first kappa shape index (κ1) is 119. The Labute approximate surface area is 762 Å². The Morgan fingerprint density at radius 2 is 0.400 bits per heavy atom. The number of esters is 3. The molecule has 0 aromatic heterocycles. The largest absolute Gasteiger partial charge is 0.472 e. The smallest absolute Gasteiger partial charge is 0.463 e. The molecule has 0 heterocycles. The van der Waals surface area contributed by atoms with Gasteiger partial charge in [0.1, 0.15) is 25.4 Å². The minimum absolute atomic E-state index is 0.0933. The number of carbonyl (C=O) groups excluding carboxylic acids is 3. The third kappa shape index (κ3) is 98.6. The van der Waals surface area contributed by atoms with E-state index in [9.17, 15) is 43.5 Å². The average molecular weight is 1780 g/mol. The number of allylic oxidation sites excluding steroid dienone is 34. The molecule has 0 amide bonds. The van der Waals surface area contributed by atoms with Gasteiger partial charge < -0.3 is 34.2 Å². The van der Waals surface area contributed by atoms with Crippen LogP contribution in [0.25, 0.3) is 0 Å². The third-order valence-electron chi connectivity index (χ3n) is 20.5. The van der Waals surface area contributed by atoms with Crippen LogP contribution in [0.4, 0.5) is 0 Å². The maximum Gasteiger partial charge on any atom is 0.472 e. The number of phosphoric ester groups is 2. The first-order valence-corrected chi connectivity index (χ1v) is 52.4. The van der Waals surface area contributed by atoms with Crippen LogP contribution in [0.2, 0.25) is 0 Å². The van der Waals surface area contributed by atoms with Crippen molar-refractivity contribution in [2.75, 3.05) is 39.6 Å². The summed E-state index contributed by atoms with van der Waals surface area (Å²) in [5.41, 5.74) is 0. The van der Waals surface area contributed by atoms with Gasteiger partial charge in [0.15, 0.2) is 6.10 Å². The SMILES string of the molecule is CC/C=C\C/C=C\C/C=C\C/C=C\C/C=C\C/C=C\CCCCCCCCCCCCCCCCC(=O)OCC(O)COP(=O)(O)OCC(O)COP(=O)(O)OCC(COC(=O)CCCCCCCCCCCC/C=C\C/C=C\C/C=C\C/C=C\C/C=C\C/C=C\CC)OC(=O)CCCCCCCCCCCCC/C=C\C/C=C\C/C=C\C/C=C\C/C=C\CC. The number of aliphatic hydroxyl groups is 2. The summed E-state index contributed by atoms with van der Waals surface area (Å²) >= 11 is 0. The van der Waals surface area contributed by atoms with E-state index in [1.165, 1.54) is 135 Å². The molecule has 0 saturated carbocycles. The first-order chi connectivity index (χ1) is 61.2. The summed E-state index contributed by atoms with van der Waals surface area (Å²) in [5.74, 6) is -1.58. The number of hydrogen-bond donors (Lipinski definition) is 4. The van der Waals surface area contributed by atoms with Crippen LogP contribution >= 0.6 is 15.6 Å². The molecule has 0 fully saturated rings. The number of ether oxygens (including phenoxy) is 3. The number of rotatable bonds is 92. The van der Waals surface area contributed by atoms with Crippen molar-refractivity contribution in [3.05, 3.63) is 207 Å². The molecule has 0 aliphatic heterocycles. The summed E-state index contributed by atoms with van der Waals surface area (Å²) in [4.78, 5) is 59.2. The lowest BCUT2D eigenvalue weighted by Crippen LogP contribution is -2.30. The van der Waals surface area contributed by atoms with Gasteiger partial charge in [0.2, 0.25) is 0 Å². The lowest BCUT2D eigenvalue weighted by Gasteiger charge is -2.21. The highest BCUT2D eigenvalue weighted by Crippen LogP contribution is 2.45. The van der Waals surface area contributed by atoms with E-state index >= 15 is 0 Å². The van der Waals surface area contributed by atoms with Crippen LogP contribution in [-0.2, 0) is 55.8 Å². The second-order valence-electron chi connectivity index (χ2n) is 32.4. The molecule has 125 heavy (non-hydrogen) atoms. The van der Waals surface area contributed by atoms with Gasteiger partial charge in [0, 0.05) is 19.3 Å². The molecule has 0 rings (SSSR count). The van der Waals surface area contributed by atoms with Gasteiger partial charge in [-0.15, -0.1) is 0 Å². The second-order valence-corrected chi connectivity index (χ2v) is 35.3. The first-order valence-electron chi connectivity index (χ1n) is 49.4. The molecule has 5 atom stereocenters. The quantitative estimate of drug-likeness (QED) is 0.0146. The summed E-state index contributed by atoms with van der Waals surface area (Å²) in [5, 5.41) is 20.8. The van der Waals surface area contributed by atoms with Gasteiger partial charge in [-0.2, -0.15) is 0 Å². The Kier molecular flexibility index (Phi) is 92.6. The predicted molar refractivity (Wildman–Crippen MR) is 527 cm³/mol. The zero-order valence-electron chi connectivity index (χ0n) is 78.7. The fourth-order valence-electron chi connectivity index (χ4n) is 13.1. The fourth-order valence-corrected chi connectivity index (χ4v) is 14.7. The van der Waals surface area contributed by atoms with E-state index in [0.717, 1.165) is 199 Å². The molecule has 0 saturated heterocycles. The normalized spacial score (nSPS) is 14.6. The highest BCUT2D eigenvalue weighted by Gasteiger charge is 2.30. The Bertz CT molecular complexity index is 3100. The van der Waals surface area contributed by atoms with Crippen LogP contribution in [0.15, 0.2) is 207 Å². The summed E-state index contributed by atoms with van der Waals surface area (Å²) in [6.45, 7) is 2.38. The maximum absolute atomic E-state index is 13.1. The summed E-state index contributed by atoms with van der Waals surface area (Å²) in [6.07, 6.45) is 132. The maximum atomic E-state index is 13.1. The molecule has 0 aliphatic carbocycles. The highest BCUT2D eigenvalue weighted by molar-refractivity contribution is 7.47. The van der Waals surface area contributed by atoms with Crippen molar-refractivity contribution in [3.8, 4) is 0 Å². The Balaban J connectivity index is 4.64. The minimum atomic E-state index is -4.95. The van der Waals surface area contributed by atoms with Gasteiger partial charge in [0.05, 0.1) is 26.4 Å². The van der Waals surface area contributed by atoms with Crippen molar-refractivity contribution in [1.82, 2.24) is 0 Å². The zero-order chi connectivity index (χ0) is 90.7. The van der Waals surface area contributed by atoms with Gasteiger partial charge in [-0.25, -0.2) is 9.13 Å². The number of unbranched alkanes of at least 4 members (excludes halogenated alkanes) is 35. The van der Waals surface area contributed by atoms with Gasteiger partial charge >= 0.3 is 33.6 Å². The van der Waals surface area contributed by atoms with Gasteiger partial charge in [-0.3, -0.25) is 32.5 Å². The third-order valence-corrected chi connectivity index (χ3v) is 22.4. The molecule has 5 unspecified atom stereocenters. The number of carbonyl (C=O) groups is 3. The number of hydrogen-bond acceptors (Lipinski definition) is 14. The summed E-state index contributed by atoms with van der Waals surface area (Å²) in [6, 6.07) is 0. The van der Waals surface area contributed by atoms with Crippen LogP contribution in [0.1, 0.15) is 393 Å². The van der Waals surface area contributed by atoms with Crippen LogP contribution < -0.4 is 0 Å².